The van der Waals surface area contributed by atoms with E-state index in [-0.39, 0.29) is 0 Å². The summed E-state index contributed by atoms with van der Waals surface area (Å²) >= 11 is 0. The molecular formula is C9H22F2N3S+. The lowest BCUT2D eigenvalue weighted by atomic mass is 10.5. The van der Waals surface area contributed by atoms with Crippen LogP contribution in [0, 0.1) is 0 Å². The Balaban J connectivity index is 5.32. The second-order valence-corrected chi connectivity index (χ2v) is 6.09. The van der Waals surface area contributed by atoms with Gasteiger partial charge in [0.25, 0.3) is 0 Å². The van der Waals surface area contributed by atoms with Crippen LogP contribution >= 0.6 is 0 Å². The van der Waals surface area contributed by atoms with Crippen molar-refractivity contribution in [1.82, 2.24) is 14.7 Å². The van der Waals surface area contributed by atoms with Gasteiger partial charge in [-0.3, -0.25) is 0 Å². The van der Waals surface area contributed by atoms with Crippen molar-refractivity contribution in [2.24, 2.45) is 0 Å². The molecule has 0 heterocycles. The van der Waals surface area contributed by atoms with Crippen LogP contribution in [0.5, 0.6) is 0 Å². The fourth-order valence-electron chi connectivity index (χ4n) is 2.18. The summed E-state index contributed by atoms with van der Waals surface area (Å²) in [5.74, 6) is -2.32. The van der Waals surface area contributed by atoms with Gasteiger partial charge in [0, 0.05) is 0 Å². The molecule has 0 aromatic carbocycles. The lowest BCUT2D eigenvalue weighted by Crippen LogP contribution is -2.69. The third kappa shape index (κ3) is 2.61. The van der Waals surface area contributed by atoms with E-state index in [9.17, 15) is 8.78 Å². The second kappa shape index (κ2) is 5.43. The number of rotatable bonds is 5. The van der Waals surface area contributed by atoms with Crippen LogP contribution < -0.4 is 0 Å². The molecule has 0 amide bonds. The summed E-state index contributed by atoms with van der Waals surface area (Å²) in [6.45, 7) is 0. The Morgan fingerprint density at radius 3 is 1.20 bits per heavy atom. The van der Waals surface area contributed by atoms with Crippen LogP contribution in [-0.4, -0.2) is 74.1 Å². The van der Waals surface area contributed by atoms with Crippen LogP contribution in [0.1, 0.15) is 0 Å². The van der Waals surface area contributed by atoms with E-state index in [1.165, 1.54) is 0 Å². The molecule has 0 aromatic heterocycles. The van der Waals surface area contributed by atoms with E-state index in [0.29, 0.717) is 0 Å². The van der Waals surface area contributed by atoms with E-state index < -0.39 is 21.8 Å². The highest BCUT2D eigenvalue weighted by Crippen LogP contribution is 2.30. The maximum atomic E-state index is 12.9. The molecule has 0 spiro atoms. The van der Waals surface area contributed by atoms with E-state index in [2.05, 4.69) is 0 Å². The first-order valence-corrected chi connectivity index (χ1v) is 6.33. The smallest absolute Gasteiger partial charge is 0.235 e. The molecular weight excluding hydrogens is 220 g/mol. The molecule has 0 saturated carbocycles. The average molecular weight is 242 g/mol. The van der Waals surface area contributed by atoms with Gasteiger partial charge in [-0.25, -0.2) is 14.7 Å². The normalized spacial score (nSPS) is 15.8. The van der Waals surface area contributed by atoms with E-state index >= 15 is 0 Å². The lowest BCUT2D eigenvalue weighted by molar-refractivity contribution is -0.0319. The molecule has 1 atom stereocenters. The Bertz CT molecular complexity index is 176. The summed E-state index contributed by atoms with van der Waals surface area (Å²) in [7, 11) is 9.89. The van der Waals surface area contributed by atoms with Gasteiger partial charge in [0.15, 0.2) is 0 Å². The topological polar surface area (TPSA) is 9.72 Å². The molecule has 92 valence electrons. The minimum Gasteiger partial charge on any atom is -0.235 e. The van der Waals surface area contributed by atoms with Crippen LogP contribution in [0.2, 0.25) is 0 Å². The Morgan fingerprint density at radius 1 is 0.867 bits per heavy atom. The standard InChI is InChI=1S/C9H22F2N3S/c1-12(2)9(13(3)4,14(5)6)15(7)8(10)11/h8H,1-7H3/q+1. The quantitative estimate of drug-likeness (QED) is 0.520. The van der Waals surface area contributed by atoms with Gasteiger partial charge in [0.05, 0.1) is 0 Å². The van der Waals surface area contributed by atoms with Gasteiger partial charge in [-0.1, -0.05) is 0 Å². The first kappa shape index (κ1) is 15.1. The number of nitrogens with zero attached hydrogens (tertiary/aromatic N) is 3. The average Bonchev–Trinajstić information content (AvgIpc) is 2.02. The van der Waals surface area contributed by atoms with Gasteiger partial charge in [0.2, 0.25) is 0 Å². The van der Waals surface area contributed by atoms with Gasteiger partial charge >= 0.3 is 10.9 Å². The Morgan fingerprint density at radius 2 is 1.13 bits per heavy atom. The molecule has 3 nitrogen and oxygen atoms in total. The monoisotopic (exact) mass is 242 g/mol. The fourth-order valence-corrected chi connectivity index (χ4v) is 4.15. The van der Waals surface area contributed by atoms with Crippen molar-refractivity contribution in [3.63, 3.8) is 0 Å². The van der Waals surface area contributed by atoms with Crippen LogP contribution in [0.4, 0.5) is 8.78 Å². The summed E-state index contributed by atoms with van der Waals surface area (Å²) in [6, 6.07) is 0. The third-order valence-corrected chi connectivity index (χ3v) is 4.94. The zero-order chi connectivity index (χ0) is 12.4. The van der Waals surface area contributed by atoms with Crippen molar-refractivity contribution >= 4 is 10.9 Å². The van der Waals surface area contributed by atoms with Crippen molar-refractivity contribution in [3.8, 4) is 0 Å². The molecule has 6 heteroatoms. The maximum Gasteiger partial charge on any atom is 0.403 e. The van der Waals surface area contributed by atoms with Gasteiger partial charge in [0.1, 0.15) is 17.2 Å². The Kier molecular flexibility index (Phi) is 5.46. The molecule has 1 unspecified atom stereocenters. The first-order chi connectivity index (χ1) is 6.68. The molecule has 0 N–H and O–H groups in total. The van der Waals surface area contributed by atoms with Crippen LogP contribution in [0.25, 0.3) is 0 Å². The summed E-state index contributed by atoms with van der Waals surface area (Å²) in [5.41, 5.74) is 0. The van der Waals surface area contributed by atoms with E-state index in [4.69, 9.17) is 0 Å². The summed E-state index contributed by atoms with van der Waals surface area (Å²) in [5, 5.41) is -0.742. The third-order valence-electron chi connectivity index (χ3n) is 2.45. The van der Waals surface area contributed by atoms with E-state index in [1.807, 2.05) is 57.0 Å². The zero-order valence-electron chi connectivity index (χ0n) is 10.6. The maximum absolute atomic E-state index is 12.9. The van der Waals surface area contributed by atoms with E-state index in [0.717, 1.165) is 0 Å². The number of hydrogen-bond acceptors (Lipinski definition) is 3. The van der Waals surface area contributed by atoms with E-state index in [1.54, 1.807) is 6.26 Å². The molecule has 0 fully saturated rings. The fraction of sp³-hybridized carbons (Fsp3) is 1.00. The molecule has 0 aromatic rings. The highest BCUT2D eigenvalue weighted by Gasteiger charge is 2.56. The van der Waals surface area contributed by atoms with Crippen molar-refractivity contribution < 1.29 is 8.78 Å². The van der Waals surface area contributed by atoms with Crippen molar-refractivity contribution in [1.29, 1.82) is 0 Å². The van der Waals surface area contributed by atoms with Gasteiger partial charge in [-0.05, 0) is 42.3 Å². The molecule has 15 heavy (non-hydrogen) atoms. The van der Waals surface area contributed by atoms with Crippen molar-refractivity contribution in [3.05, 3.63) is 0 Å². The number of alkyl halides is 2. The van der Waals surface area contributed by atoms with Gasteiger partial charge in [-0.15, -0.1) is 0 Å². The Labute approximate surface area is 94.4 Å². The molecule has 0 aliphatic rings. The van der Waals surface area contributed by atoms with Crippen molar-refractivity contribution in [2.45, 2.75) is 10.9 Å². The Hall–Kier alpha value is 0.0900. The highest BCUT2D eigenvalue weighted by atomic mass is 32.2. The van der Waals surface area contributed by atoms with Crippen LogP contribution in [0.3, 0.4) is 0 Å². The van der Waals surface area contributed by atoms with Crippen LogP contribution in [-0.2, 0) is 10.9 Å². The van der Waals surface area contributed by atoms with Gasteiger partial charge < -0.3 is 0 Å². The highest BCUT2D eigenvalue weighted by molar-refractivity contribution is 7.97. The molecule has 0 saturated heterocycles. The SMILES string of the molecule is CN(C)C(N(C)C)(N(C)C)[S+](C)C(F)F. The lowest BCUT2D eigenvalue weighted by Gasteiger charge is -2.45. The predicted molar refractivity (Wildman–Crippen MR) is 63.1 cm³/mol. The molecule has 0 aliphatic heterocycles. The largest absolute Gasteiger partial charge is 0.403 e. The minimum absolute atomic E-state index is 0.742. The molecule has 0 radical (unpaired) electrons. The summed E-state index contributed by atoms with van der Waals surface area (Å²) in [4.78, 5) is 5.51. The van der Waals surface area contributed by atoms with Crippen molar-refractivity contribution in [2.75, 3.05) is 48.5 Å². The molecule has 0 aliphatic carbocycles. The zero-order valence-corrected chi connectivity index (χ0v) is 11.4. The number of hydrogen-bond donors (Lipinski definition) is 0. The number of halogens is 2. The first-order valence-electron chi connectivity index (χ1n) is 4.64. The van der Waals surface area contributed by atoms with Crippen LogP contribution in [0.15, 0.2) is 0 Å². The van der Waals surface area contributed by atoms with Gasteiger partial charge in [-0.2, -0.15) is 8.78 Å². The predicted octanol–water partition coefficient (Wildman–Crippen LogP) is 0.753. The molecule has 0 bridgehead atoms. The second-order valence-electron chi connectivity index (χ2n) is 4.08. The summed E-state index contributed by atoms with van der Waals surface area (Å²) in [6.07, 6.45) is 1.60. The summed E-state index contributed by atoms with van der Waals surface area (Å²) < 4.78 is 25.9. The molecule has 0 rings (SSSR count). The minimum atomic E-state index is -2.32.